The normalized spacial score (nSPS) is 28.7. The van der Waals surface area contributed by atoms with Gasteiger partial charge >= 0.3 is 0 Å². The zero-order valence-electron chi connectivity index (χ0n) is 8.62. The van der Waals surface area contributed by atoms with Gasteiger partial charge in [-0.05, 0) is 25.3 Å². The van der Waals surface area contributed by atoms with Crippen LogP contribution in [0.4, 0.5) is 0 Å². The number of alkyl halides is 1. The molecule has 0 saturated heterocycles. The SMILES string of the molecule is Cn1nccc1C1CCCCC(Br)C1. The van der Waals surface area contributed by atoms with Crippen molar-refractivity contribution in [3.05, 3.63) is 18.0 Å². The molecular weight excluding hydrogens is 240 g/mol. The Kier molecular flexibility index (Phi) is 3.26. The van der Waals surface area contributed by atoms with Crippen molar-refractivity contribution < 1.29 is 0 Å². The lowest BCUT2D eigenvalue weighted by atomic mass is 9.97. The molecule has 0 radical (unpaired) electrons. The summed E-state index contributed by atoms with van der Waals surface area (Å²) in [4.78, 5) is 0.699. The molecule has 1 heterocycles. The summed E-state index contributed by atoms with van der Waals surface area (Å²) in [6.45, 7) is 0. The molecule has 2 atom stereocenters. The highest BCUT2D eigenvalue weighted by molar-refractivity contribution is 9.09. The highest BCUT2D eigenvalue weighted by Crippen LogP contribution is 2.34. The summed E-state index contributed by atoms with van der Waals surface area (Å²) in [7, 11) is 2.05. The van der Waals surface area contributed by atoms with Crippen LogP contribution in [0.5, 0.6) is 0 Å². The van der Waals surface area contributed by atoms with Gasteiger partial charge in [-0.1, -0.05) is 28.8 Å². The summed E-state index contributed by atoms with van der Waals surface area (Å²) >= 11 is 3.76. The average Bonchev–Trinajstić information content (AvgIpc) is 2.45. The first-order valence-corrected chi connectivity index (χ1v) is 6.31. The van der Waals surface area contributed by atoms with E-state index in [1.54, 1.807) is 0 Å². The Bertz CT molecular complexity index is 295. The molecule has 0 spiro atoms. The maximum Gasteiger partial charge on any atom is 0.0492 e. The molecule has 1 aromatic heterocycles. The highest BCUT2D eigenvalue weighted by Gasteiger charge is 2.21. The van der Waals surface area contributed by atoms with Crippen LogP contribution in [0.1, 0.15) is 43.7 Å². The summed E-state index contributed by atoms with van der Waals surface area (Å²) in [6.07, 6.45) is 8.54. The molecule has 0 bridgehead atoms. The summed E-state index contributed by atoms with van der Waals surface area (Å²) in [5.41, 5.74) is 1.40. The molecule has 2 nitrogen and oxygen atoms in total. The zero-order valence-corrected chi connectivity index (χ0v) is 10.2. The van der Waals surface area contributed by atoms with Crippen LogP contribution in [0.25, 0.3) is 0 Å². The largest absolute Gasteiger partial charge is 0.272 e. The third-order valence-corrected chi connectivity index (χ3v) is 3.97. The molecule has 0 N–H and O–H groups in total. The molecule has 0 aliphatic heterocycles. The number of hydrogen-bond donors (Lipinski definition) is 0. The van der Waals surface area contributed by atoms with Gasteiger partial charge in [0.15, 0.2) is 0 Å². The Morgan fingerprint density at radius 2 is 2.21 bits per heavy atom. The molecule has 1 aliphatic carbocycles. The quantitative estimate of drug-likeness (QED) is 0.558. The van der Waals surface area contributed by atoms with Crippen molar-refractivity contribution in [1.82, 2.24) is 9.78 Å². The van der Waals surface area contributed by atoms with E-state index in [1.165, 1.54) is 37.8 Å². The van der Waals surface area contributed by atoms with E-state index in [-0.39, 0.29) is 0 Å². The maximum absolute atomic E-state index is 4.25. The van der Waals surface area contributed by atoms with Crippen molar-refractivity contribution in [3.8, 4) is 0 Å². The molecule has 0 aromatic carbocycles. The summed E-state index contributed by atoms with van der Waals surface area (Å²) in [5.74, 6) is 0.703. The standard InChI is InChI=1S/C11H17BrN2/c1-14-11(6-7-13-14)9-4-2-3-5-10(12)8-9/h6-7,9-10H,2-5,8H2,1H3. The van der Waals surface area contributed by atoms with Gasteiger partial charge in [-0.25, -0.2) is 0 Å². The molecule has 3 heteroatoms. The second-order valence-electron chi connectivity index (χ2n) is 4.19. The molecule has 0 amide bonds. The van der Waals surface area contributed by atoms with E-state index in [9.17, 15) is 0 Å². The average molecular weight is 257 g/mol. The van der Waals surface area contributed by atoms with Gasteiger partial charge in [0.1, 0.15) is 0 Å². The first-order valence-electron chi connectivity index (χ1n) is 5.39. The lowest BCUT2D eigenvalue weighted by molar-refractivity contribution is 0.546. The van der Waals surface area contributed by atoms with Gasteiger partial charge in [0, 0.05) is 29.7 Å². The van der Waals surface area contributed by atoms with Gasteiger partial charge < -0.3 is 0 Å². The third-order valence-electron chi connectivity index (χ3n) is 3.14. The molecule has 78 valence electrons. The predicted octanol–water partition coefficient (Wildman–Crippen LogP) is 3.23. The summed E-state index contributed by atoms with van der Waals surface area (Å²) in [6, 6.07) is 2.16. The van der Waals surface area contributed by atoms with Crippen LogP contribution in [0.2, 0.25) is 0 Å². The van der Waals surface area contributed by atoms with E-state index >= 15 is 0 Å². The molecule has 1 fully saturated rings. The van der Waals surface area contributed by atoms with Gasteiger partial charge in [-0.3, -0.25) is 4.68 Å². The van der Waals surface area contributed by atoms with Crippen molar-refractivity contribution in [1.29, 1.82) is 0 Å². The molecule has 2 unspecified atom stereocenters. The Balaban J connectivity index is 2.13. The third kappa shape index (κ3) is 2.19. The van der Waals surface area contributed by atoms with E-state index in [2.05, 4.69) is 27.1 Å². The van der Waals surface area contributed by atoms with Crippen LogP contribution >= 0.6 is 15.9 Å². The Labute approximate surface area is 93.8 Å². The number of halogens is 1. The molecule has 1 aromatic rings. The lowest BCUT2D eigenvalue weighted by Gasteiger charge is -2.16. The van der Waals surface area contributed by atoms with Crippen molar-refractivity contribution in [2.75, 3.05) is 0 Å². The number of aryl methyl sites for hydroxylation is 1. The van der Waals surface area contributed by atoms with E-state index < -0.39 is 0 Å². The fourth-order valence-electron chi connectivity index (χ4n) is 2.35. The fraction of sp³-hybridized carbons (Fsp3) is 0.727. The Morgan fingerprint density at radius 3 is 2.93 bits per heavy atom. The number of aromatic nitrogens is 2. The lowest BCUT2D eigenvalue weighted by Crippen LogP contribution is -2.08. The van der Waals surface area contributed by atoms with Crippen LogP contribution in [-0.2, 0) is 7.05 Å². The van der Waals surface area contributed by atoms with Crippen LogP contribution < -0.4 is 0 Å². The highest BCUT2D eigenvalue weighted by atomic mass is 79.9. The van der Waals surface area contributed by atoms with E-state index in [1.807, 2.05) is 17.9 Å². The molecule has 1 aliphatic rings. The smallest absolute Gasteiger partial charge is 0.0492 e. The van der Waals surface area contributed by atoms with E-state index in [0.717, 1.165) is 0 Å². The summed E-state index contributed by atoms with van der Waals surface area (Å²) in [5, 5.41) is 4.25. The second kappa shape index (κ2) is 4.47. The fourth-order valence-corrected chi connectivity index (χ4v) is 3.13. The van der Waals surface area contributed by atoms with Crippen molar-refractivity contribution in [2.45, 2.75) is 42.8 Å². The topological polar surface area (TPSA) is 17.8 Å². The van der Waals surface area contributed by atoms with Gasteiger partial charge in [-0.15, -0.1) is 0 Å². The van der Waals surface area contributed by atoms with Crippen LogP contribution in [0.15, 0.2) is 12.3 Å². The van der Waals surface area contributed by atoms with Crippen LogP contribution in [-0.4, -0.2) is 14.6 Å². The molecule has 1 saturated carbocycles. The Morgan fingerprint density at radius 1 is 1.43 bits per heavy atom. The second-order valence-corrected chi connectivity index (χ2v) is 5.49. The van der Waals surface area contributed by atoms with Crippen molar-refractivity contribution in [2.24, 2.45) is 7.05 Å². The van der Waals surface area contributed by atoms with Crippen LogP contribution in [0, 0.1) is 0 Å². The van der Waals surface area contributed by atoms with Gasteiger partial charge in [0.25, 0.3) is 0 Å². The molecular formula is C11H17BrN2. The van der Waals surface area contributed by atoms with E-state index in [4.69, 9.17) is 0 Å². The number of nitrogens with zero attached hydrogens (tertiary/aromatic N) is 2. The monoisotopic (exact) mass is 256 g/mol. The number of hydrogen-bond acceptors (Lipinski definition) is 1. The predicted molar refractivity (Wildman–Crippen MR) is 61.7 cm³/mol. The van der Waals surface area contributed by atoms with Gasteiger partial charge in [0.2, 0.25) is 0 Å². The van der Waals surface area contributed by atoms with Crippen LogP contribution in [0.3, 0.4) is 0 Å². The molecule has 14 heavy (non-hydrogen) atoms. The Hall–Kier alpha value is -0.310. The first kappa shape index (κ1) is 10.2. The first-order chi connectivity index (χ1) is 6.77. The van der Waals surface area contributed by atoms with E-state index in [0.29, 0.717) is 10.7 Å². The van der Waals surface area contributed by atoms with Crippen molar-refractivity contribution in [3.63, 3.8) is 0 Å². The van der Waals surface area contributed by atoms with Gasteiger partial charge in [-0.2, -0.15) is 5.10 Å². The van der Waals surface area contributed by atoms with Crippen molar-refractivity contribution >= 4 is 15.9 Å². The maximum atomic E-state index is 4.25. The number of rotatable bonds is 1. The minimum atomic E-state index is 0.699. The summed E-state index contributed by atoms with van der Waals surface area (Å²) < 4.78 is 2.02. The molecule has 2 rings (SSSR count). The minimum Gasteiger partial charge on any atom is -0.272 e. The zero-order chi connectivity index (χ0) is 9.97. The van der Waals surface area contributed by atoms with Gasteiger partial charge in [0.05, 0.1) is 0 Å². The minimum absolute atomic E-state index is 0.699.